The van der Waals surface area contributed by atoms with E-state index in [0.29, 0.717) is 0 Å². The van der Waals surface area contributed by atoms with E-state index >= 15 is 0 Å². The Labute approximate surface area is 139 Å². The predicted octanol–water partition coefficient (Wildman–Crippen LogP) is 2.28. The molecule has 3 rings (SSSR count). The maximum atomic E-state index is 13.0. The zero-order valence-corrected chi connectivity index (χ0v) is 13.7. The van der Waals surface area contributed by atoms with E-state index in [1.807, 2.05) is 0 Å². The van der Waals surface area contributed by atoms with Crippen LogP contribution in [0.3, 0.4) is 0 Å². The summed E-state index contributed by atoms with van der Waals surface area (Å²) in [4.78, 5) is 11.2. The Morgan fingerprint density at radius 3 is 2.17 bits per heavy atom. The van der Waals surface area contributed by atoms with E-state index < -0.39 is 15.9 Å². The van der Waals surface area contributed by atoms with E-state index in [2.05, 4.69) is 0 Å². The summed E-state index contributed by atoms with van der Waals surface area (Å²) < 4.78 is 40.3. The first kappa shape index (κ1) is 16.6. The number of amides is 1. The van der Waals surface area contributed by atoms with Crippen molar-refractivity contribution in [2.45, 2.75) is 30.3 Å². The van der Waals surface area contributed by atoms with Gasteiger partial charge >= 0.3 is 0 Å². The number of hydrogen-bond donors (Lipinski definition) is 1. The molecule has 0 spiro atoms. The standard InChI is InChI=1S/C17H17FN2O3S/c18-14-5-1-12(2-6-14)11-20(15-7-8-15)24(22,23)16-9-3-13(4-10-16)17(19)21/h1-6,9-10,15H,7-8,11H2,(H2,19,21). The molecule has 0 bridgehead atoms. The van der Waals surface area contributed by atoms with Crippen molar-refractivity contribution in [3.63, 3.8) is 0 Å². The molecule has 24 heavy (non-hydrogen) atoms. The molecule has 0 saturated heterocycles. The van der Waals surface area contributed by atoms with Crippen molar-refractivity contribution in [2.24, 2.45) is 5.73 Å². The lowest BCUT2D eigenvalue weighted by Gasteiger charge is -2.22. The fourth-order valence-corrected chi connectivity index (χ4v) is 4.14. The van der Waals surface area contributed by atoms with Crippen LogP contribution < -0.4 is 5.73 Å². The van der Waals surface area contributed by atoms with Gasteiger partial charge in [-0.05, 0) is 54.8 Å². The number of carbonyl (C=O) groups is 1. The lowest BCUT2D eigenvalue weighted by molar-refractivity contribution is 0.1000. The number of benzene rings is 2. The molecule has 126 valence electrons. The molecule has 2 aromatic rings. The zero-order valence-electron chi connectivity index (χ0n) is 12.9. The van der Waals surface area contributed by atoms with Gasteiger partial charge in [0.1, 0.15) is 5.82 Å². The average Bonchev–Trinajstić information content (AvgIpc) is 3.39. The Morgan fingerprint density at radius 2 is 1.67 bits per heavy atom. The van der Waals surface area contributed by atoms with Gasteiger partial charge in [0, 0.05) is 18.2 Å². The highest BCUT2D eigenvalue weighted by Gasteiger charge is 2.38. The molecule has 2 N–H and O–H groups in total. The fourth-order valence-electron chi connectivity index (χ4n) is 2.47. The summed E-state index contributed by atoms with van der Waals surface area (Å²) in [5.74, 6) is -0.967. The molecular formula is C17H17FN2O3S. The van der Waals surface area contributed by atoms with Gasteiger partial charge in [0.15, 0.2) is 0 Å². The van der Waals surface area contributed by atoms with Gasteiger partial charge in [-0.1, -0.05) is 12.1 Å². The van der Waals surface area contributed by atoms with Gasteiger partial charge in [0.25, 0.3) is 0 Å². The molecule has 1 aliphatic rings. The number of hydrogen-bond acceptors (Lipinski definition) is 3. The van der Waals surface area contributed by atoms with Crippen molar-refractivity contribution in [3.05, 3.63) is 65.5 Å². The van der Waals surface area contributed by atoms with Gasteiger partial charge in [-0.2, -0.15) is 4.31 Å². The highest BCUT2D eigenvalue weighted by Crippen LogP contribution is 2.33. The van der Waals surface area contributed by atoms with Gasteiger partial charge < -0.3 is 5.73 Å². The van der Waals surface area contributed by atoms with Crippen LogP contribution >= 0.6 is 0 Å². The number of nitrogens with two attached hydrogens (primary N) is 1. The Bertz CT molecular complexity index is 844. The number of rotatable bonds is 6. The van der Waals surface area contributed by atoms with E-state index in [1.165, 1.54) is 40.7 Å². The maximum absolute atomic E-state index is 13.0. The summed E-state index contributed by atoms with van der Waals surface area (Å²) in [6.45, 7) is 0.185. The third-order valence-electron chi connectivity index (χ3n) is 3.95. The molecular weight excluding hydrogens is 331 g/mol. The molecule has 0 atom stereocenters. The number of sulfonamides is 1. The smallest absolute Gasteiger partial charge is 0.248 e. The Hall–Kier alpha value is -2.25. The van der Waals surface area contributed by atoms with Crippen LogP contribution in [0.25, 0.3) is 0 Å². The Balaban J connectivity index is 1.89. The predicted molar refractivity (Wildman–Crippen MR) is 87.1 cm³/mol. The molecule has 1 amide bonds. The highest BCUT2D eigenvalue weighted by molar-refractivity contribution is 7.89. The van der Waals surface area contributed by atoms with Crippen LogP contribution in [-0.4, -0.2) is 24.7 Å². The third kappa shape index (κ3) is 3.47. The SMILES string of the molecule is NC(=O)c1ccc(S(=O)(=O)N(Cc2ccc(F)cc2)C2CC2)cc1. The molecule has 0 aromatic heterocycles. The third-order valence-corrected chi connectivity index (χ3v) is 5.86. The largest absolute Gasteiger partial charge is 0.366 e. The summed E-state index contributed by atoms with van der Waals surface area (Å²) in [7, 11) is -3.70. The molecule has 1 aliphatic carbocycles. The van der Waals surface area contributed by atoms with Gasteiger partial charge in [0.2, 0.25) is 15.9 Å². The number of carbonyl (C=O) groups excluding carboxylic acids is 1. The van der Waals surface area contributed by atoms with E-state index in [4.69, 9.17) is 5.73 Å². The lowest BCUT2D eigenvalue weighted by Crippen LogP contribution is -2.32. The van der Waals surface area contributed by atoms with Gasteiger partial charge in [-0.15, -0.1) is 0 Å². The molecule has 5 nitrogen and oxygen atoms in total. The van der Waals surface area contributed by atoms with Crippen LogP contribution in [-0.2, 0) is 16.6 Å². The highest BCUT2D eigenvalue weighted by atomic mass is 32.2. The monoisotopic (exact) mass is 348 g/mol. The number of primary amides is 1. The first-order chi connectivity index (χ1) is 11.4. The number of nitrogens with zero attached hydrogens (tertiary/aromatic N) is 1. The quantitative estimate of drug-likeness (QED) is 0.870. The number of halogens is 1. The first-order valence-corrected chi connectivity index (χ1v) is 8.98. The summed E-state index contributed by atoms with van der Waals surface area (Å²) in [5, 5.41) is 0. The Morgan fingerprint density at radius 1 is 1.08 bits per heavy atom. The van der Waals surface area contributed by atoms with Crippen LogP contribution in [0.15, 0.2) is 53.4 Å². The summed E-state index contributed by atoms with van der Waals surface area (Å²) >= 11 is 0. The van der Waals surface area contributed by atoms with E-state index in [-0.39, 0.29) is 28.9 Å². The molecule has 7 heteroatoms. The molecule has 2 aromatic carbocycles. The lowest BCUT2D eigenvalue weighted by atomic mass is 10.2. The van der Waals surface area contributed by atoms with E-state index in [0.717, 1.165) is 18.4 Å². The van der Waals surface area contributed by atoms with Crippen molar-refractivity contribution in [1.29, 1.82) is 0 Å². The summed E-state index contributed by atoms with van der Waals surface area (Å²) in [6, 6.07) is 11.3. The normalized spacial score (nSPS) is 14.8. The van der Waals surface area contributed by atoms with Gasteiger partial charge in [-0.3, -0.25) is 4.79 Å². The minimum Gasteiger partial charge on any atom is -0.366 e. The van der Waals surface area contributed by atoms with Crippen molar-refractivity contribution < 1.29 is 17.6 Å². The Kier molecular flexibility index (Phi) is 4.38. The van der Waals surface area contributed by atoms with Crippen molar-refractivity contribution in [1.82, 2.24) is 4.31 Å². The van der Waals surface area contributed by atoms with Gasteiger partial charge in [0.05, 0.1) is 4.90 Å². The molecule has 0 unspecified atom stereocenters. The minimum absolute atomic E-state index is 0.0455. The molecule has 1 saturated carbocycles. The summed E-state index contributed by atoms with van der Waals surface area (Å²) in [5.41, 5.74) is 6.15. The average molecular weight is 348 g/mol. The molecule has 1 fully saturated rings. The van der Waals surface area contributed by atoms with Crippen molar-refractivity contribution >= 4 is 15.9 Å². The topological polar surface area (TPSA) is 80.5 Å². The second-order valence-corrected chi connectivity index (χ2v) is 7.69. The zero-order chi connectivity index (χ0) is 17.3. The van der Waals surface area contributed by atoms with Crippen LogP contribution in [0.4, 0.5) is 4.39 Å². The first-order valence-electron chi connectivity index (χ1n) is 7.54. The fraction of sp³-hybridized carbons (Fsp3) is 0.235. The second kappa shape index (κ2) is 6.33. The van der Waals surface area contributed by atoms with Crippen LogP contribution in [0.2, 0.25) is 0 Å². The van der Waals surface area contributed by atoms with Crippen LogP contribution in [0.1, 0.15) is 28.8 Å². The second-order valence-electron chi connectivity index (χ2n) is 5.80. The minimum atomic E-state index is -3.70. The van der Waals surface area contributed by atoms with Crippen molar-refractivity contribution in [2.75, 3.05) is 0 Å². The van der Waals surface area contributed by atoms with E-state index in [1.54, 1.807) is 12.1 Å². The molecule has 0 radical (unpaired) electrons. The van der Waals surface area contributed by atoms with E-state index in [9.17, 15) is 17.6 Å². The summed E-state index contributed by atoms with van der Waals surface area (Å²) in [6.07, 6.45) is 1.61. The molecule has 0 aliphatic heterocycles. The van der Waals surface area contributed by atoms with Crippen molar-refractivity contribution in [3.8, 4) is 0 Å². The maximum Gasteiger partial charge on any atom is 0.248 e. The molecule has 0 heterocycles. The van der Waals surface area contributed by atoms with Crippen LogP contribution in [0, 0.1) is 5.82 Å². The van der Waals surface area contributed by atoms with Gasteiger partial charge in [-0.25, -0.2) is 12.8 Å². The van der Waals surface area contributed by atoms with Crippen LogP contribution in [0.5, 0.6) is 0 Å².